The van der Waals surface area contributed by atoms with Gasteiger partial charge in [0.25, 0.3) is 0 Å². The summed E-state index contributed by atoms with van der Waals surface area (Å²) in [7, 11) is 0. The maximum atomic E-state index is 14.3. The van der Waals surface area contributed by atoms with Gasteiger partial charge in [-0.1, -0.05) is 17.7 Å². The molecule has 0 bridgehead atoms. The monoisotopic (exact) mass is 421 g/mol. The Morgan fingerprint density at radius 3 is 2.69 bits per heavy atom. The Labute approximate surface area is 173 Å². The van der Waals surface area contributed by atoms with E-state index >= 15 is 0 Å². The number of carbonyl (C=O) groups is 1. The van der Waals surface area contributed by atoms with Crippen LogP contribution >= 0.6 is 11.6 Å². The Balaban J connectivity index is 1.48. The number of benzene rings is 2. The minimum Gasteiger partial charge on any atom is -0.478 e. The molecular weight excluding hydrogens is 400 g/mol. The van der Waals surface area contributed by atoms with Crippen molar-refractivity contribution in [2.45, 2.75) is 37.8 Å². The van der Waals surface area contributed by atoms with Crippen molar-refractivity contribution in [2.24, 2.45) is 0 Å². The highest BCUT2D eigenvalue weighted by atomic mass is 35.5. The lowest BCUT2D eigenvalue weighted by atomic mass is 9.98. The fraction of sp³-hybridized carbons (Fsp3) is 0.409. The molecule has 0 spiro atoms. The van der Waals surface area contributed by atoms with E-state index in [1.165, 1.54) is 24.3 Å². The molecule has 154 valence electrons. The Hall–Kier alpha value is -2.02. The van der Waals surface area contributed by atoms with Crippen LogP contribution in [0.3, 0.4) is 0 Å². The number of carboxylic acid groups (broad SMARTS) is 1. The van der Waals surface area contributed by atoms with Crippen molar-refractivity contribution in [1.82, 2.24) is 4.90 Å². The van der Waals surface area contributed by atoms with Gasteiger partial charge in [-0.15, -0.1) is 0 Å². The molecule has 1 atom stereocenters. The van der Waals surface area contributed by atoms with E-state index in [9.17, 15) is 18.7 Å². The van der Waals surface area contributed by atoms with Crippen LogP contribution in [0.4, 0.5) is 8.78 Å². The number of ether oxygens (including phenoxy) is 1. The van der Waals surface area contributed by atoms with Gasteiger partial charge in [-0.3, -0.25) is 4.90 Å². The van der Waals surface area contributed by atoms with Crippen molar-refractivity contribution in [3.63, 3.8) is 0 Å². The normalized spacial score (nSPS) is 20.0. The summed E-state index contributed by atoms with van der Waals surface area (Å²) in [6.45, 7) is 2.43. The quantitative estimate of drug-likeness (QED) is 0.738. The molecule has 2 aromatic carbocycles. The Morgan fingerprint density at radius 1 is 1.21 bits per heavy atom. The van der Waals surface area contributed by atoms with Crippen LogP contribution in [0.25, 0.3) is 0 Å². The van der Waals surface area contributed by atoms with Gasteiger partial charge in [0.05, 0.1) is 18.3 Å². The van der Waals surface area contributed by atoms with Crippen LogP contribution in [0, 0.1) is 11.6 Å². The SMILES string of the molecule is O=C(O)c1cc(C2CC2)c(CN2CCO[C@H](Cc3ccc(F)cc3Cl)C2)cc1F. The Kier molecular flexibility index (Phi) is 5.86. The topological polar surface area (TPSA) is 49.8 Å². The molecule has 1 aliphatic heterocycles. The van der Waals surface area contributed by atoms with E-state index in [0.717, 1.165) is 29.5 Å². The van der Waals surface area contributed by atoms with Crippen molar-refractivity contribution in [3.8, 4) is 0 Å². The average Bonchev–Trinajstić information content (AvgIpc) is 3.49. The number of rotatable bonds is 6. The van der Waals surface area contributed by atoms with E-state index in [-0.39, 0.29) is 17.5 Å². The second kappa shape index (κ2) is 8.38. The number of halogens is 3. The summed E-state index contributed by atoms with van der Waals surface area (Å²) in [6, 6.07) is 7.23. The standard InChI is InChI=1S/C22H22ClF2NO3/c23-20-9-16(24)4-3-14(20)7-17-12-26(5-6-29-17)11-15-8-21(25)19(22(27)28)10-18(15)13-1-2-13/h3-4,8-10,13,17H,1-2,5-7,11-12H2,(H,27,28)/t17-/m1/s1. The molecule has 2 aromatic rings. The smallest absolute Gasteiger partial charge is 0.338 e. The van der Waals surface area contributed by atoms with Crippen molar-refractivity contribution < 1.29 is 23.4 Å². The lowest BCUT2D eigenvalue weighted by molar-refractivity contribution is -0.0305. The molecule has 1 heterocycles. The number of carboxylic acids is 1. The lowest BCUT2D eigenvalue weighted by Gasteiger charge is -2.33. The second-order valence-corrected chi connectivity index (χ2v) is 8.19. The van der Waals surface area contributed by atoms with Crippen LogP contribution in [-0.2, 0) is 17.7 Å². The van der Waals surface area contributed by atoms with Gasteiger partial charge in [0.1, 0.15) is 11.6 Å². The molecule has 1 aliphatic carbocycles. The fourth-order valence-corrected chi connectivity index (χ4v) is 4.17. The van der Waals surface area contributed by atoms with Crippen molar-refractivity contribution in [2.75, 3.05) is 19.7 Å². The minimum absolute atomic E-state index is 0.0979. The number of nitrogens with zero attached hydrogens (tertiary/aromatic N) is 1. The zero-order valence-electron chi connectivity index (χ0n) is 15.8. The molecule has 2 aliphatic rings. The summed E-state index contributed by atoms with van der Waals surface area (Å²) in [6.07, 6.45) is 2.48. The van der Waals surface area contributed by atoms with Crippen molar-refractivity contribution >= 4 is 17.6 Å². The van der Waals surface area contributed by atoms with Gasteiger partial charge in [-0.2, -0.15) is 0 Å². The van der Waals surface area contributed by atoms with Crippen molar-refractivity contribution in [3.05, 3.63) is 69.2 Å². The van der Waals surface area contributed by atoms with Gasteiger partial charge in [0.15, 0.2) is 0 Å². The Morgan fingerprint density at radius 2 is 2.00 bits per heavy atom. The van der Waals surface area contributed by atoms with Gasteiger partial charge >= 0.3 is 5.97 Å². The van der Waals surface area contributed by atoms with E-state index in [2.05, 4.69) is 4.90 Å². The lowest BCUT2D eigenvalue weighted by Crippen LogP contribution is -2.43. The summed E-state index contributed by atoms with van der Waals surface area (Å²) in [5.41, 5.74) is 2.35. The van der Waals surface area contributed by atoms with E-state index in [4.69, 9.17) is 16.3 Å². The van der Waals surface area contributed by atoms with E-state index in [0.29, 0.717) is 43.6 Å². The minimum atomic E-state index is -1.24. The molecule has 1 saturated carbocycles. The summed E-state index contributed by atoms with van der Waals surface area (Å²) in [4.78, 5) is 13.5. The maximum absolute atomic E-state index is 14.3. The van der Waals surface area contributed by atoms with Crippen LogP contribution in [0.1, 0.15) is 45.8 Å². The highest BCUT2D eigenvalue weighted by Crippen LogP contribution is 2.42. The number of morpholine rings is 1. The van der Waals surface area contributed by atoms with Gasteiger partial charge in [-0.05, 0) is 59.7 Å². The molecule has 4 rings (SSSR count). The number of hydrogen-bond acceptors (Lipinski definition) is 3. The highest BCUT2D eigenvalue weighted by Gasteiger charge is 2.30. The molecular formula is C22H22ClF2NO3. The third-order valence-electron chi connectivity index (χ3n) is 5.56. The average molecular weight is 422 g/mol. The molecule has 1 N–H and O–H groups in total. The summed E-state index contributed by atoms with van der Waals surface area (Å²) in [5.74, 6) is -1.98. The first-order valence-corrected chi connectivity index (χ1v) is 10.1. The highest BCUT2D eigenvalue weighted by molar-refractivity contribution is 6.31. The zero-order valence-corrected chi connectivity index (χ0v) is 16.6. The van der Waals surface area contributed by atoms with Crippen LogP contribution in [0.5, 0.6) is 0 Å². The molecule has 0 amide bonds. The largest absolute Gasteiger partial charge is 0.478 e. The van der Waals surface area contributed by atoms with Gasteiger partial charge in [0.2, 0.25) is 0 Å². The number of hydrogen-bond donors (Lipinski definition) is 1. The predicted octanol–water partition coefficient (Wildman–Crippen LogP) is 4.64. The summed E-state index contributed by atoms with van der Waals surface area (Å²) >= 11 is 6.14. The molecule has 29 heavy (non-hydrogen) atoms. The maximum Gasteiger partial charge on any atom is 0.338 e. The van der Waals surface area contributed by atoms with E-state index in [1.54, 1.807) is 6.07 Å². The second-order valence-electron chi connectivity index (χ2n) is 7.78. The first-order valence-electron chi connectivity index (χ1n) is 9.74. The van der Waals surface area contributed by atoms with Crippen LogP contribution in [-0.4, -0.2) is 41.8 Å². The van der Waals surface area contributed by atoms with Crippen molar-refractivity contribution in [1.29, 1.82) is 0 Å². The number of aromatic carboxylic acids is 1. The predicted molar refractivity (Wildman–Crippen MR) is 105 cm³/mol. The third kappa shape index (κ3) is 4.77. The molecule has 2 fully saturated rings. The van der Waals surface area contributed by atoms with Gasteiger partial charge < -0.3 is 9.84 Å². The van der Waals surface area contributed by atoms with Crippen LogP contribution in [0.2, 0.25) is 5.02 Å². The van der Waals surface area contributed by atoms with E-state index < -0.39 is 11.8 Å². The van der Waals surface area contributed by atoms with Gasteiger partial charge in [-0.25, -0.2) is 13.6 Å². The summed E-state index contributed by atoms with van der Waals surface area (Å²) < 4.78 is 33.4. The Bertz CT molecular complexity index is 933. The summed E-state index contributed by atoms with van der Waals surface area (Å²) in [5, 5.41) is 9.60. The first kappa shape index (κ1) is 20.3. The zero-order chi connectivity index (χ0) is 20.5. The molecule has 7 heteroatoms. The molecule has 1 saturated heterocycles. The fourth-order valence-electron chi connectivity index (χ4n) is 3.93. The van der Waals surface area contributed by atoms with E-state index in [1.807, 2.05) is 0 Å². The van der Waals surface area contributed by atoms with Gasteiger partial charge in [0, 0.05) is 31.1 Å². The van der Waals surface area contributed by atoms with Crippen LogP contribution in [0.15, 0.2) is 30.3 Å². The molecule has 0 unspecified atom stereocenters. The molecule has 0 radical (unpaired) electrons. The molecule has 0 aromatic heterocycles. The molecule has 4 nitrogen and oxygen atoms in total. The third-order valence-corrected chi connectivity index (χ3v) is 5.91. The first-order chi connectivity index (χ1) is 13.9. The van der Waals surface area contributed by atoms with Crippen LogP contribution < -0.4 is 0 Å².